The molecule has 1 aliphatic carbocycles. The van der Waals surface area contributed by atoms with Gasteiger partial charge in [0, 0.05) is 5.41 Å². The first-order valence-corrected chi connectivity index (χ1v) is 17.9. The molecule has 0 atom stereocenters. The molecule has 1 aliphatic rings. The third kappa shape index (κ3) is 4.53. The maximum Gasteiger partial charge on any atom is 0.0159 e. The molecule has 0 aromatic heterocycles. The number of hydrogen-bond donors (Lipinski definition) is 0. The summed E-state index contributed by atoms with van der Waals surface area (Å²) in [5, 5.41) is 7.60. The van der Waals surface area contributed by atoms with E-state index in [0.29, 0.717) is 0 Å². The van der Waals surface area contributed by atoms with E-state index in [1.807, 2.05) is 0 Å². The van der Waals surface area contributed by atoms with Crippen LogP contribution in [-0.4, -0.2) is 0 Å². The quantitative estimate of drug-likeness (QED) is 0.167. The van der Waals surface area contributed by atoms with Crippen LogP contribution >= 0.6 is 0 Å². The first-order chi connectivity index (χ1) is 25.1. The van der Waals surface area contributed by atoms with Gasteiger partial charge in [0.2, 0.25) is 0 Å². The fourth-order valence-electron chi connectivity index (χ4n) is 8.84. The van der Waals surface area contributed by atoms with Crippen LogP contribution in [-0.2, 0) is 5.41 Å². The van der Waals surface area contributed by atoms with Gasteiger partial charge in [-0.1, -0.05) is 190 Å². The van der Waals surface area contributed by atoms with Crippen LogP contribution < -0.4 is 0 Å². The molecule has 51 heavy (non-hydrogen) atoms. The van der Waals surface area contributed by atoms with Crippen molar-refractivity contribution in [2.75, 3.05) is 0 Å². The van der Waals surface area contributed by atoms with E-state index >= 15 is 0 Å². The number of fused-ring (bicyclic) bond motifs is 6. The second kappa shape index (κ2) is 11.4. The minimum atomic E-state index is -0.0202. The standard InChI is InChI=1S/C51H36/c1-51(2)47-25-12-11-18-40(47)41-31-30-36(32-48(41)51)33-26-28-35(29-27-33)49-43-20-7-9-22-45(43)50(46-23-10-8-21-44(46)49)42-19-6-5-17-39(42)38-24-13-15-34-14-3-4-16-37(34)38/h3-32H,1-2H3. The molecule has 0 spiro atoms. The molecule has 0 saturated heterocycles. The third-order valence-electron chi connectivity index (χ3n) is 11.3. The van der Waals surface area contributed by atoms with Crippen LogP contribution in [0.25, 0.3) is 88.0 Å². The summed E-state index contributed by atoms with van der Waals surface area (Å²) < 4.78 is 0. The fraction of sp³-hybridized carbons (Fsp3) is 0.0588. The summed E-state index contributed by atoms with van der Waals surface area (Å²) in [6.07, 6.45) is 0. The van der Waals surface area contributed by atoms with Crippen molar-refractivity contribution in [2.45, 2.75) is 19.3 Å². The summed E-state index contributed by atoms with van der Waals surface area (Å²) >= 11 is 0. The number of benzene rings is 9. The van der Waals surface area contributed by atoms with Gasteiger partial charge in [0.15, 0.2) is 0 Å². The zero-order valence-corrected chi connectivity index (χ0v) is 28.8. The predicted molar refractivity (Wildman–Crippen MR) is 218 cm³/mol. The average molecular weight is 649 g/mol. The van der Waals surface area contributed by atoms with E-state index in [0.717, 1.165) is 0 Å². The van der Waals surface area contributed by atoms with Crippen LogP contribution in [0, 0.1) is 0 Å². The molecule has 0 aliphatic heterocycles. The van der Waals surface area contributed by atoms with Crippen molar-refractivity contribution < 1.29 is 0 Å². The first-order valence-electron chi connectivity index (χ1n) is 17.9. The lowest BCUT2D eigenvalue weighted by molar-refractivity contribution is 0.660. The highest BCUT2D eigenvalue weighted by Gasteiger charge is 2.35. The smallest absolute Gasteiger partial charge is 0.0159 e. The lowest BCUT2D eigenvalue weighted by atomic mass is 9.81. The van der Waals surface area contributed by atoms with E-state index in [9.17, 15) is 0 Å². The second-order valence-corrected chi connectivity index (χ2v) is 14.4. The van der Waals surface area contributed by atoms with Gasteiger partial charge in [0.25, 0.3) is 0 Å². The molecule has 9 aromatic rings. The molecule has 0 heterocycles. The monoisotopic (exact) mass is 648 g/mol. The number of rotatable bonds is 4. The van der Waals surface area contributed by atoms with Crippen LogP contribution in [0.1, 0.15) is 25.0 Å². The van der Waals surface area contributed by atoms with Crippen molar-refractivity contribution in [1.29, 1.82) is 0 Å². The van der Waals surface area contributed by atoms with Gasteiger partial charge < -0.3 is 0 Å². The van der Waals surface area contributed by atoms with E-state index in [2.05, 4.69) is 196 Å². The maximum atomic E-state index is 2.41. The largest absolute Gasteiger partial charge is 0.0619 e. The third-order valence-corrected chi connectivity index (χ3v) is 11.3. The van der Waals surface area contributed by atoms with Crippen molar-refractivity contribution in [1.82, 2.24) is 0 Å². The van der Waals surface area contributed by atoms with Gasteiger partial charge in [-0.25, -0.2) is 0 Å². The Morgan fingerprint density at radius 3 is 1.47 bits per heavy atom. The van der Waals surface area contributed by atoms with Gasteiger partial charge in [-0.15, -0.1) is 0 Å². The molecule has 0 heteroatoms. The van der Waals surface area contributed by atoms with Crippen molar-refractivity contribution in [3.8, 4) is 55.6 Å². The molecule has 0 N–H and O–H groups in total. The Labute approximate surface area is 299 Å². The predicted octanol–water partition coefficient (Wildman–Crippen LogP) is 14.1. The average Bonchev–Trinajstić information content (AvgIpc) is 3.42. The topological polar surface area (TPSA) is 0 Å². The lowest BCUT2D eigenvalue weighted by Crippen LogP contribution is -2.14. The van der Waals surface area contributed by atoms with E-state index in [1.54, 1.807) is 0 Å². The van der Waals surface area contributed by atoms with Gasteiger partial charge >= 0.3 is 0 Å². The summed E-state index contributed by atoms with van der Waals surface area (Å²) in [6, 6.07) is 67.4. The fourth-order valence-corrected chi connectivity index (χ4v) is 8.84. The SMILES string of the molecule is CC1(C)c2ccccc2-c2ccc(-c3ccc(-c4c5ccccc5c(-c5ccccc5-c5cccc6ccccc56)c5ccccc45)cc3)cc21. The summed E-state index contributed by atoms with van der Waals surface area (Å²) in [7, 11) is 0. The van der Waals surface area contributed by atoms with Crippen molar-refractivity contribution in [3.63, 3.8) is 0 Å². The molecule has 0 nitrogen and oxygen atoms in total. The van der Waals surface area contributed by atoms with Crippen molar-refractivity contribution >= 4 is 32.3 Å². The molecule has 0 unspecified atom stereocenters. The molecule has 0 bridgehead atoms. The molecule has 0 fully saturated rings. The molecule has 0 amide bonds. The van der Waals surface area contributed by atoms with Crippen LogP contribution in [0.3, 0.4) is 0 Å². The highest BCUT2D eigenvalue weighted by Crippen LogP contribution is 2.50. The second-order valence-electron chi connectivity index (χ2n) is 14.4. The Hall–Kier alpha value is -6.24. The van der Waals surface area contributed by atoms with Crippen molar-refractivity contribution in [2.24, 2.45) is 0 Å². The summed E-state index contributed by atoms with van der Waals surface area (Å²) in [5.74, 6) is 0. The molecule has 9 aromatic carbocycles. The molecular weight excluding hydrogens is 613 g/mol. The molecule has 240 valence electrons. The van der Waals surface area contributed by atoms with Crippen LogP contribution in [0.5, 0.6) is 0 Å². The van der Waals surface area contributed by atoms with E-state index in [4.69, 9.17) is 0 Å². The number of hydrogen-bond acceptors (Lipinski definition) is 0. The highest BCUT2D eigenvalue weighted by molar-refractivity contribution is 6.22. The summed E-state index contributed by atoms with van der Waals surface area (Å²) in [6.45, 7) is 4.70. The summed E-state index contributed by atoms with van der Waals surface area (Å²) in [5.41, 5.74) is 15.6. The minimum Gasteiger partial charge on any atom is -0.0619 e. The Balaban J connectivity index is 1.14. The minimum absolute atomic E-state index is 0.0202. The highest BCUT2D eigenvalue weighted by atomic mass is 14.4. The Kier molecular flexibility index (Phi) is 6.63. The molecular formula is C51H36. The normalized spacial score (nSPS) is 13.1. The van der Waals surface area contributed by atoms with Gasteiger partial charge in [-0.05, 0) is 105 Å². The molecule has 0 radical (unpaired) electrons. The zero-order valence-electron chi connectivity index (χ0n) is 28.8. The molecule has 0 saturated carbocycles. The molecule has 10 rings (SSSR count). The van der Waals surface area contributed by atoms with E-state index in [-0.39, 0.29) is 5.41 Å². The van der Waals surface area contributed by atoms with Gasteiger partial charge in [0.1, 0.15) is 0 Å². The van der Waals surface area contributed by atoms with Crippen LogP contribution in [0.15, 0.2) is 182 Å². The summed E-state index contributed by atoms with van der Waals surface area (Å²) in [4.78, 5) is 0. The Bertz CT molecular complexity index is 2750. The van der Waals surface area contributed by atoms with Crippen LogP contribution in [0.4, 0.5) is 0 Å². The zero-order chi connectivity index (χ0) is 34.1. The maximum absolute atomic E-state index is 2.41. The Morgan fingerprint density at radius 1 is 0.294 bits per heavy atom. The van der Waals surface area contributed by atoms with Gasteiger partial charge in [-0.2, -0.15) is 0 Å². The van der Waals surface area contributed by atoms with E-state index < -0.39 is 0 Å². The van der Waals surface area contributed by atoms with Gasteiger partial charge in [0.05, 0.1) is 0 Å². The Morgan fingerprint density at radius 2 is 0.765 bits per heavy atom. The van der Waals surface area contributed by atoms with Crippen LogP contribution in [0.2, 0.25) is 0 Å². The van der Waals surface area contributed by atoms with E-state index in [1.165, 1.54) is 99.1 Å². The lowest BCUT2D eigenvalue weighted by Gasteiger charge is -2.22. The van der Waals surface area contributed by atoms with Gasteiger partial charge in [-0.3, -0.25) is 0 Å². The first kappa shape index (κ1) is 29.7. The van der Waals surface area contributed by atoms with Crippen molar-refractivity contribution in [3.05, 3.63) is 193 Å².